The Morgan fingerprint density at radius 2 is 2.10 bits per heavy atom. The van der Waals surface area contributed by atoms with Crippen LogP contribution in [0.15, 0.2) is 65.6 Å². The molecule has 1 aliphatic rings. The first-order valence-corrected chi connectivity index (χ1v) is 10.1. The highest BCUT2D eigenvalue weighted by Gasteiger charge is 2.17. The first-order chi connectivity index (χ1) is 15.1. The summed E-state index contributed by atoms with van der Waals surface area (Å²) in [4.78, 5) is 24.4. The van der Waals surface area contributed by atoms with E-state index in [4.69, 9.17) is 15.2 Å². The zero-order valence-corrected chi connectivity index (χ0v) is 17.0. The van der Waals surface area contributed by atoms with Crippen LogP contribution in [-0.4, -0.2) is 35.7 Å². The number of aromatic nitrogens is 2. The Labute approximate surface area is 179 Å². The predicted octanol–water partition coefficient (Wildman–Crippen LogP) is 2.99. The minimum Gasteiger partial charge on any atom is -0.449 e. The smallest absolute Gasteiger partial charge is 0.411 e. The second kappa shape index (κ2) is 9.44. The molecule has 1 aromatic heterocycles. The van der Waals surface area contributed by atoms with Gasteiger partial charge >= 0.3 is 6.09 Å². The number of hydrogen-bond acceptors (Lipinski definition) is 6. The molecule has 8 heteroatoms. The van der Waals surface area contributed by atoms with Crippen LogP contribution in [0.4, 0.5) is 16.2 Å². The maximum Gasteiger partial charge on any atom is 0.411 e. The van der Waals surface area contributed by atoms with E-state index in [1.807, 2.05) is 24.3 Å². The highest BCUT2D eigenvalue weighted by atomic mass is 16.6. The van der Waals surface area contributed by atoms with Gasteiger partial charge in [-0.25, -0.2) is 9.48 Å². The van der Waals surface area contributed by atoms with Gasteiger partial charge in [0.25, 0.3) is 0 Å². The molecule has 2 heterocycles. The van der Waals surface area contributed by atoms with Crippen molar-refractivity contribution in [3.05, 3.63) is 82.3 Å². The number of nitrogens with two attached hydrogens (primary N) is 1. The van der Waals surface area contributed by atoms with E-state index in [2.05, 4.69) is 10.4 Å². The molecule has 0 spiro atoms. The number of benzene rings is 2. The number of nitrogens with one attached hydrogen (secondary N) is 1. The van der Waals surface area contributed by atoms with Crippen LogP contribution in [0, 0.1) is 5.92 Å². The molecule has 1 aliphatic heterocycles. The lowest BCUT2D eigenvalue weighted by Crippen LogP contribution is -2.19. The van der Waals surface area contributed by atoms with Crippen molar-refractivity contribution in [2.45, 2.75) is 12.8 Å². The largest absolute Gasteiger partial charge is 0.449 e. The molecule has 31 heavy (non-hydrogen) atoms. The molecule has 4 rings (SSSR count). The summed E-state index contributed by atoms with van der Waals surface area (Å²) in [5, 5.41) is 7.20. The number of ether oxygens (including phenoxy) is 2. The van der Waals surface area contributed by atoms with Crippen molar-refractivity contribution in [1.82, 2.24) is 9.78 Å². The lowest BCUT2D eigenvalue weighted by Gasteiger charge is -2.11. The van der Waals surface area contributed by atoms with Crippen molar-refractivity contribution >= 4 is 17.5 Å². The average molecular weight is 420 g/mol. The molecule has 0 saturated carbocycles. The summed E-state index contributed by atoms with van der Waals surface area (Å²) in [7, 11) is 0. The highest BCUT2D eigenvalue weighted by Crippen LogP contribution is 2.16. The van der Waals surface area contributed by atoms with Crippen LogP contribution in [0.2, 0.25) is 0 Å². The van der Waals surface area contributed by atoms with Gasteiger partial charge in [-0.05, 0) is 42.3 Å². The molecule has 0 radical (unpaired) electrons. The highest BCUT2D eigenvalue weighted by molar-refractivity contribution is 5.84. The maximum atomic E-state index is 12.3. The first kappa shape index (κ1) is 20.6. The summed E-state index contributed by atoms with van der Waals surface area (Å²) in [6.07, 6.45) is 2.33. The van der Waals surface area contributed by atoms with Gasteiger partial charge in [0.15, 0.2) is 0 Å². The van der Waals surface area contributed by atoms with Crippen LogP contribution < -0.4 is 16.5 Å². The minimum absolute atomic E-state index is 0.156. The lowest BCUT2D eigenvalue weighted by atomic mass is 10.1. The van der Waals surface area contributed by atoms with E-state index in [1.165, 1.54) is 6.07 Å². The third kappa shape index (κ3) is 5.49. The number of hydrogen-bond donors (Lipinski definition) is 2. The van der Waals surface area contributed by atoms with Crippen molar-refractivity contribution < 1.29 is 14.3 Å². The van der Waals surface area contributed by atoms with Gasteiger partial charge in [-0.3, -0.25) is 10.1 Å². The monoisotopic (exact) mass is 420 g/mol. The summed E-state index contributed by atoms with van der Waals surface area (Å²) in [5.74, 6) is 0.253. The summed E-state index contributed by atoms with van der Waals surface area (Å²) >= 11 is 0. The Morgan fingerprint density at radius 1 is 1.23 bits per heavy atom. The maximum absolute atomic E-state index is 12.3. The van der Waals surface area contributed by atoms with E-state index in [0.717, 1.165) is 17.7 Å². The van der Waals surface area contributed by atoms with Crippen molar-refractivity contribution in [3.8, 4) is 5.69 Å². The molecule has 0 aliphatic carbocycles. The van der Waals surface area contributed by atoms with Crippen molar-refractivity contribution in [3.63, 3.8) is 0 Å². The van der Waals surface area contributed by atoms with E-state index in [0.29, 0.717) is 43.3 Å². The number of amides is 1. The quantitative estimate of drug-likeness (QED) is 0.594. The zero-order valence-electron chi connectivity index (χ0n) is 17.0. The van der Waals surface area contributed by atoms with Gasteiger partial charge in [-0.1, -0.05) is 18.2 Å². The molecule has 0 bridgehead atoms. The van der Waals surface area contributed by atoms with E-state index in [-0.39, 0.29) is 11.3 Å². The molecule has 2 aromatic carbocycles. The molecule has 8 nitrogen and oxygen atoms in total. The number of carbonyl (C=O) groups is 1. The number of rotatable bonds is 6. The Bertz CT molecular complexity index is 1120. The Morgan fingerprint density at radius 3 is 2.90 bits per heavy atom. The molecule has 1 fully saturated rings. The van der Waals surface area contributed by atoms with Crippen LogP contribution in [0.25, 0.3) is 5.69 Å². The van der Waals surface area contributed by atoms with Crippen LogP contribution in [0.1, 0.15) is 17.7 Å². The number of nitrogen functional groups attached to an aromatic ring is 1. The van der Waals surface area contributed by atoms with E-state index in [9.17, 15) is 9.59 Å². The molecule has 3 aromatic rings. The number of carbonyl (C=O) groups excluding carboxylic acids is 1. The lowest BCUT2D eigenvalue weighted by molar-refractivity contribution is 0.127. The van der Waals surface area contributed by atoms with Gasteiger partial charge in [-0.15, -0.1) is 0 Å². The van der Waals surface area contributed by atoms with Gasteiger partial charge < -0.3 is 15.2 Å². The van der Waals surface area contributed by atoms with E-state index < -0.39 is 6.09 Å². The van der Waals surface area contributed by atoms with Gasteiger partial charge in [0, 0.05) is 42.6 Å². The topological polar surface area (TPSA) is 108 Å². The van der Waals surface area contributed by atoms with Crippen LogP contribution in [0.5, 0.6) is 0 Å². The molecular formula is C23H24N4O4. The molecular weight excluding hydrogens is 396 g/mol. The normalized spacial score (nSPS) is 15.5. The molecule has 1 saturated heterocycles. The van der Waals surface area contributed by atoms with Gasteiger partial charge in [0.05, 0.1) is 18.9 Å². The van der Waals surface area contributed by atoms with Crippen LogP contribution in [-0.2, 0) is 15.9 Å². The van der Waals surface area contributed by atoms with Crippen molar-refractivity contribution in [2.75, 3.05) is 30.9 Å². The summed E-state index contributed by atoms with van der Waals surface area (Å²) < 4.78 is 12.2. The average Bonchev–Trinajstić information content (AvgIpc) is 3.28. The second-order valence-electron chi connectivity index (χ2n) is 7.50. The summed E-state index contributed by atoms with van der Waals surface area (Å²) in [6, 6.07) is 16.0. The molecule has 3 N–H and O–H groups in total. The van der Waals surface area contributed by atoms with E-state index >= 15 is 0 Å². The molecule has 160 valence electrons. The Kier molecular flexibility index (Phi) is 6.28. The molecule has 1 unspecified atom stereocenters. The zero-order chi connectivity index (χ0) is 21.6. The van der Waals surface area contributed by atoms with Gasteiger partial charge in [0.2, 0.25) is 5.43 Å². The first-order valence-electron chi connectivity index (χ1n) is 10.1. The van der Waals surface area contributed by atoms with Crippen molar-refractivity contribution in [2.24, 2.45) is 5.92 Å². The molecule has 1 atom stereocenters. The number of nitrogens with zero attached hydrogens (tertiary/aromatic N) is 2. The number of anilines is 2. The summed E-state index contributed by atoms with van der Waals surface area (Å²) in [5.41, 5.74) is 8.91. The fraction of sp³-hybridized carbons (Fsp3) is 0.261. The fourth-order valence-electron chi connectivity index (χ4n) is 3.40. The van der Waals surface area contributed by atoms with Gasteiger partial charge in [-0.2, -0.15) is 5.10 Å². The Balaban J connectivity index is 1.44. The van der Waals surface area contributed by atoms with Gasteiger partial charge in [0.1, 0.15) is 5.69 Å². The minimum atomic E-state index is -0.508. The Hall–Kier alpha value is -3.65. The van der Waals surface area contributed by atoms with Crippen LogP contribution in [0.3, 0.4) is 0 Å². The molecule has 1 amide bonds. The second-order valence-corrected chi connectivity index (χ2v) is 7.50. The predicted molar refractivity (Wildman–Crippen MR) is 117 cm³/mol. The van der Waals surface area contributed by atoms with Crippen LogP contribution >= 0.6 is 0 Å². The SMILES string of the molecule is Nc1cccc(-n2ccc(=O)c(Cc3cccc(NC(=O)OCC4CCOC4)c3)n2)c1. The summed E-state index contributed by atoms with van der Waals surface area (Å²) in [6.45, 7) is 1.67. The van der Waals surface area contributed by atoms with E-state index in [1.54, 1.807) is 35.1 Å². The third-order valence-electron chi connectivity index (χ3n) is 5.03. The fourth-order valence-corrected chi connectivity index (χ4v) is 3.40. The van der Waals surface area contributed by atoms with Crippen molar-refractivity contribution in [1.29, 1.82) is 0 Å². The standard InChI is InChI=1S/C23H24N4O4/c24-18-4-2-6-20(13-18)27-9-7-22(28)21(26-27)12-16-3-1-5-19(11-16)25-23(29)31-15-17-8-10-30-14-17/h1-7,9,11,13,17H,8,10,12,14-15,24H2,(H,25,29). The third-order valence-corrected chi connectivity index (χ3v) is 5.03.